The van der Waals surface area contributed by atoms with Crippen LogP contribution in [0.5, 0.6) is 0 Å². The molecule has 0 amide bonds. The van der Waals surface area contributed by atoms with Gasteiger partial charge < -0.3 is 5.32 Å². The second kappa shape index (κ2) is 4.87. The lowest BCUT2D eigenvalue weighted by Gasteiger charge is -2.02. The number of hydrogen-bond donors (Lipinski definition) is 1. The molecule has 0 radical (unpaired) electrons. The van der Waals surface area contributed by atoms with E-state index in [9.17, 15) is 0 Å². The maximum Gasteiger partial charge on any atom is 0.0661 e. The zero-order valence-corrected chi connectivity index (χ0v) is 10.3. The van der Waals surface area contributed by atoms with E-state index in [1.807, 2.05) is 25.5 Å². The van der Waals surface area contributed by atoms with Gasteiger partial charge in [-0.3, -0.25) is 0 Å². The standard InChI is InChI=1S/C11H11Cl2N3/c1-14-5-8-6-15-16(7-8)9-2-3-10(12)11(13)4-9/h2-4,6-7,14H,5H2,1H3. The number of aromatic nitrogens is 2. The topological polar surface area (TPSA) is 29.9 Å². The summed E-state index contributed by atoms with van der Waals surface area (Å²) in [5, 5.41) is 8.40. The van der Waals surface area contributed by atoms with Gasteiger partial charge in [-0.05, 0) is 25.2 Å². The molecule has 0 aliphatic rings. The fourth-order valence-corrected chi connectivity index (χ4v) is 1.72. The lowest BCUT2D eigenvalue weighted by molar-refractivity contribution is 0.816. The molecular weight excluding hydrogens is 245 g/mol. The highest BCUT2D eigenvalue weighted by Gasteiger charge is 2.03. The molecule has 0 unspecified atom stereocenters. The van der Waals surface area contributed by atoms with Crippen LogP contribution >= 0.6 is 23.2 Å². The number of halogens is 2. The van der Waals surface area contributed by atoms with Crippen molar-refractivity contribution in [3.05, 3.63) is 46.2 Å². The molecule has 2 aromatic rings. The van der Waals surface area contributed by atoms with Gasteiger partial charge in [-0.1, -0.05) is 23.2 Å². The molecule has 0 saturated carbocycles. The molecular formula is C11H11Cl2N3. The minimum Gasteiger partial charge on any atom is -0.316 e. The molecule has 0 atom stereocenters. The number of nitrogens with zero attached hydrogens (tertiary/aromatic N) is 2. The van der Waals surface area contributed by atoms with Crippen LogP contribution in [0, 0.1) is 0 Å². The smallest absolute Gasteiger partial charge is 0.0661 e. The summed E-state index contributed by atoms with van der Waals surface area (Å²) in [5.41, 5.74) is 2.02. The van der Waals surface area contributed by atoms with E-state index in [0.717, 1.165) is 17.8 Å². The molecule has 3 nitrogen and oxygen atoms in total. The second-order valence-electron chi connectivity index (χ2n) is 3.42. The number of rotatable bonds is 3. The van der Waals surface area contributed by atoms with Gasteiger partial charge in [-0.15, -0.1) is 0 Å². The van der Waals surface area contributed by atoms with Gasteiger partial charge >= 0.3 is 0 Å². The van der Waals surface area contributed by atoms with Crippen LogP contribution in [0.15, 0.2) is 30.6 Å². The van der Waals surface area contributed by atoms with Crippen LogP contribution in [-0.4, -0.2) is 16.8 Å². The number of hydrogen-bond acceptors (Lipinski definition) is 2. The molecule has 5 heteroatoms. The van der Waals surface area contributed by atoms with Crippen LogP contribution in [-0.2, 0) is 6.54 Å². The van der Waals surface area contributed by atoms with E-state index < -0.39 is 0 Å². The predicted molar refractivity (Wildman–Crippen MR) is 66.3 cm³/mol. The monoisotopic (exact) mass is 255 g/mol. The molecule has 0 fully saturated rings. The highest BCUT2D eigenvalue weighted by Crippen LogP contribution is 2.24. The van der Waals surface area contributed by atoms with E-state index in [-0.39, 0.29) is 0 Å². The second-order valence-corrected chi connectivity index (χ2v) is 4.24. The average molecular weight is 256 g/mol. The van der Waals surface area contributed by atoms with Crippen molar-refractivity contribution in [3.63, 3.8) is 0 Å². The van der Waals surface area contributed by atoms with Gasteiger partial charge in [0.15, 0.2) is 0 Å². The van der Waals surface area contributed by atoms with Crippen molar-refractivity contribution in [2.45, 2.75) is 6.54 Å². The third-order valence-electron chi connectivity index (χ3n) is 2.18. The van der Waals surface area contributed by atoms with Crippen molar-refractivity contribution in [1.82, 2.24) is 15.1 Å². The maximum absolute atomic E-state index is 5.95. The first-order valence-corrected chi connectivity index (χ1v) is 5.60. The molecule has 0 aliphatic heterocycles. The van der Waals surface area contributed by atoms with Crippen molar-refractivity contribution >= 4 is 23.2 Å². The first kappa shape index (κ1) is 11.5. The van der Waals surface area contributed by atoms with Gasteiger partial charge in [0.2, 0.25) is 0 Å². The Bertz CT molecular complexity index is 494. The van der Waals surface area contributed by atoms with Gasteiger partial charge in [-0.2, -0.15) is 5.10 Å². The summed E-state index contributed by atoms with van der Waals surface area (Å²) in [7, 11) is 1.90. The van der Waals surface area contributed by atoms with Crippen LogP contribution < -0.4 is 5.32 Å². The highest BCUT2D eigenvalue weighted by atomic mass is 35.5. The van der Waals surface area contributed by atoms with E-state index in [2.05, 4.69) is 10.4 Å². The van der Waals surface area contributed by atoms with Crippen LogP contribution in [0.3, 0.4) is 0 Å². The summed E-state index contributed by atoms with van der Waals surface area (Å²) >= 11 is 11.8. The molecule has 0 spiro atoms. The molecule has 2 rings (SSSR count). The Morgan fingerprint density at radius 1 is 1.31 bits per heavy atom. The minimum absolute atomic E-state index is 0.532. The Labute approximate surface area is 104 Å². The van der Waals surface area contributed by atoms with Gasteiger partial charge in [0, 0.05) is 18.3 Å². The third-order valence-corrected chi connectivity index (χ3v) is 2.92. The Morgan fingerprint density at radius 3 is 2.81 bits per heavy atom. The average Bonchev–Trinajstić information content (AvgIpc) is 2.71. The van der Waals surface area contributed by atoms with Crippen LogP contribution in [0.4, 0.5) is 0 Å². The largest absolute Gasteiger partial charge is 0.316 e. The summed E-state index contributed by atoms with van der Waals surface area (Å²) in [6.07, 6.45) is 3.77. The molecule has 16 heavy (non-hydrogen) atoms. The van der Waals surface area contributed by atoms with Gasteiger partial charge in [0.05, 0.1) is 21.9 Å². The molecule has 1 aromatic carbocycles. The molecule has 0 bridgehead atoms. The zero-order valence-electron chi connectivity index (χ0n) is 8.74. The molecule has 1 N–H and O–H groups in total. The summed E-state index contributed by atoms with van der Waals surface area (Å²) < 4.78 is 1.77. The van der Waals surface area contributed by atoms with E-state index in [0.29, 0.717) is 10.0 Å². The van der Waals surface area contributed by atoms with Gasteiger partial charge in [0.1, 0.15) is 0 Å². The Kier molecular flexibility index (Phi) is 3.49. The quantitative estimate of drug-likeness (QED) is 0.915. The normalized spacial score (nSPS) is 10.7. The molecule has 1 aromatic heterocycles. The number of benzene rings is 1. The van der Waals surface area contributed by atoms with E-state index in [1.54, 1.807) is 16.8 Å². The lowest BCUT2D eigenvalue weighted by Crippen LogP contribution is -2.03. The van der Waals surface area contributed by atoms with Gasteiger partial charge in [-0.25, -0.2) is 4.68 Å². The third kappa shape index (κ3) is 2.38. The fourth-order valence-electron chi connectivity index (χ4n) is 1.42. The molecule has 1 heterocycles. The summed E-state index contributed by atoms with van der Waals surface area (Å²) in [6.45, 7) is 0.793. The molecule has 84 valence electrons. The number of nitrogens with one attached hydrogen (secondary N) is 1. The van der Waals surface area contributed by atoms with Crippen molar-refractivity contribution in [1.29, 1.82) is 0 Å². The fraction of sp³-hybridized carbons (Fsp3) is 0.182. The minimum atomic E-state index is 0.532. The first-order chi connectivity index (χ1) is 7.70. The van der Waals surface area contributed by atoms with E-state index >= 15 is 0 Å². The SMILES string of the molecule is CNCc1cnn(-c2ccc(Cl)c(Cl)c2)c1. The maximum atomic E-state index is 5.95. The van der Waals surface area contributed by atoms with E-state index in [1.165, 1.54) is 0 Å². The van der Waals surface area contributed by atoms with E-state index in [4.69, 9.17) is 23.2 Å². The summed E-state index contributed by atoms with van der Waals surface area (Å²) in [5.74, 6) is 0. The van der Waals surface area contributed by atoms with Crippen molar-refractivity contribution in [2.75, 3.05) is 7.05 Å². The highest BCUT2D eigenvalue weighted by molar-refractivity contribution is 6.42. The van der Waals surface area contributed by atoms with Crippen LogP contribution in [0.2, 0.25) is 10.0 Å². The van der Waals surface area contributed by atoms with Gasteiger partial charge in [0.25, 0.3) is 0 Å². The lowest BCUT2D eigenvalue weighted by atomic mass is 10.3. The zero-order chi connectivity index (χ0) is 11.5. The summed E-state index contributed by atoms with van der Waals surface area (Å²) in [4.78, 5) is 0. The summed E-state index contributed by atoms with van der Waals surface area (Å²) in [6, 6.07) is 5.43. The Hall–Kier alpha value is -1.03. The molecule has 0 saturated heterocycles. The van der Waals surface area contributed by atoms with Crippen LogP contribution in [0.1, 0.15) is 5.56 Å². The van der Waals surface area contributed by atoms with Crippen molar-refractivity contribution in [2.24, 2.45) is 0 Å². The Morgan fingerprint density at radius 2 is 2.12 bits per heavy atom. The first-order valence-electron chi connectivity index (χ1n) is 4.84. The van der Waals surface area contributed by atoms with Crippen molar-refractivity contribution < 1.29 is 0 Å². The Balaban J connectivity index is 2.31. The van der Waals surface area contributed by atoms with Crippen LogP contribution in [0.25, 0.3) is 5.69 Å². The predicted octanol–water partition coefficient (Wildman–Crippen LogP) is 2.90. The molecule has 0 aliphatic carbocycles. The van der Waals surface area contributed by atoms with Crippen molar-refractivity contribution in [3.8, 4) is 5.69 Å².